The average molecular weight is 407 g/mol. The Morgan fingerprint density at radius 3 is 2.44 bits per heavy atom. The molecular formula is C18H23ClN6OS. The van der Waals surface area contributed by atoms with Crippen molar-refractivity contribution in [2.45, 2.75) is 63.4 Å². The molecule has 144 valence electrons. The number of fused-ring (bicyclic) bond motifs is 2. The van der Waals surface area contributed by atoms with Crippen LogP contribution in [0.3, 0.4) is 0 Å². The van der Waals surface area contributed by atoms with Crippen molar-refractivity contribution in [2.75, 3.05) is 5.32 Å². The van der Waals surface area contributed by atoms with Gasteiger partial charge >= 0.3 is 6.03 Å². The summed E-state index contributed by atoms with van der Waals surface area (Å²) in [6.07, 6.45) is 7.72. The Balaban J connectivity index is 1.61. The highest BCUT2D eigenvalue weighted by atomic mass is 35.5. The van der Waals surface area contributed by atoms with Crippen molar-refractivity contribution in [3.8, 4) is 0 Å². The maximum atomic E-state index is 12.6. The van der Waals surface area contributed by atoms with Gasteiger partial charge in [0.2, 0.25) is 0 Å². The Kier molecular flexibility index (Phi) is 5.05. The van der Waals surface area contributed by atoms with E-state index in [-0.39, 0.29) is 6.04 Å². The number of nitrogens with zero attached hydrogens (tertiary/aromatic N) is 4. The Morgan fingerprint density at radius 2 is 1.89 bits per heavy atom. The molecule has 2 amide bonds. The van der Waals surface area contributed by atoms with Crippen LogP contribution >= 0.6 is 11.6 Å². The number of carbonyl (C=O) groups is 1. The molecule has 2 aliphatic rings. The van der Waals surface area contributed by atoms with Gasteiger partial charge in [0.25, 0.3) is 0 Å². The van der Waals surface area contributed by atoms with Gasteiger partial charge in [-0.05, 0) is 63.5 Å². The lowest BCUT2D eigenvalue weighted by atomic mass is 10.1. The Bertz CT molecular complexity index is 920. The first-order valence-corrected chi connectivity index (χ1v) is 10.9. The van der Waals surface area contributed by atoms with Gasteiger partial charge in [-0.1, -0.05) is 11.6 Å². The zero-order chi connectivity index (χ0) is 19.1. The number of aryl methyl sites for hydroxylation is 2. The van der Waals surface area contributed by atoms with Crippen LogP contribution in [0.25, 0.3) is 0 Å². The van der Waals surface area contributed by atoms with Crippen LogP contribution in [0.15, 0.2) is 15.6 Å². The number of amides is 2. The number of nitrogens with two attached hydrogens (primary N) is 1. The van der Waals surface area contributed by atoms with E-state index >= 15 is 0 Å². The van der Waals surface area contributed by atoms with Crippen LogP contribution in [-0.4, -0.2) is 20.8 Å². The van der Waals surface area contributed by atoms with Gasteiger partial charge in [-0.2, -0.15) is 5.10 Å². The number of urea groups is 1. The molecule has 0 spiro atoms. The fourth-order valence-corrected chi connectivity index (χ4v) is 4.87. The number of hydrogen-bond donors (Lipinski definition) is 2. The summed E-state index contributed by atoms with van der Waals surface area (Å²) in [4.78, 5) is 17.4. The highest BCUT2D eigenvalue weighted by Gasteiger charge is 2.26. The van der Waals surface area contributed by atoms with Crippen molar-refractivity contribution >= 4 is 34.2 Å². The number of hydrogen-bond acceptors (Lipinski definition) is 3. The van der Waals surface area contributed by atoms with Gasteiger partial charge in [0.15, 0.2) is 5.03 Å². The quantitative estimate of drug-likeness (QED) is 0.810. The van der Waals surface area contributed by atoms with Gasteiger partial charge in [0, 0.05) is 34.5 Å². The van der Waals surface area contributed by atoms with E-state index < -0.39 is 16.9 Å². The van der Waals surface area contributed by atoms with Crippen LogP contribution in [0.5, 0.6) is 0 Å². The third-order valence-corrected chi connectivity index (χ3v) is 6.50. The van der Waals surface area contributed by atoms with Gasteiger partial charge < -0.3 is 5.32 Å². The van der Waals surface area contributed by atoms with E-state index in [1.54, 1.807) is 10.9 Å². The number of rotatable bonds is 3. The predicted molar refractivity (Wildman–Crippen MR) is 107 cm³/mol. The van der Waals surface area contributed by atoms with Crippen LogP contribution in [0.2, 0.25) is 5.02 Å². The summed E-state index contributed by atoms with van der Waals surface area (Å²) in [5.74, 6) is 0. The molecule has 0 aromatic carbocycles. The molecule has 0 aliphatic heterocycles. The summed E-state index contributed by atoms with van der Waals surface area (Å²) in [7, 11) is -1.21. The predicted octanol–water partition coefficient (Wildman–Crippen LogP) is 3.76. The number of halogens is 1. The molecule has 3 N–H and O–H groups in total. The molecule has 2 aromatic rings. The molecule has 0 saturated carbocycles. The smallest absolute Gasteiger partial charge is 0.305 e. The average Bonchev–Trinajstić information content (AvgIpc) is 3.32. The molecule has 2 heterocycles. The van der Waals surface area contributed by atoms with Crippen LogP contribution in [0.1, 0.15) is 55.2 Å². The molecule has 1 unspecified atom stereocenters. The standard InChI is InChI=1S/C18H23ClN6OS/c1-10(2)25-9-13(19)17(23-25)27(20)24-18(26)22-16-11-5-3-7-14(11)21-15-8-4-6-12(15)16/h9-10H,3-8H2,1-2H3,(H3,20,21,22,24,26). The highest BCUT2D eigenvalue weighted by molar-refractivity contribution is 7.85. The van der Waals surface area contributed by atoms with Crippen molar-refractivity contribution in [3.05, 3.63) is 33.7 Å². The van der Waals surface area contributed by atoms with Crippen LogP contribution < -0.4 is 10.5 Å². The highest BCUT2D eigenvalue weighted by Crippen LogP contribution is 2.36. The number of carbonyl (C=O) groups excluding carboxylic acids is 1. The maximum Gasteiger partial charge on any atom is 0.352 e. The second kappa shape index (κ2) is 7.33. The number of nitrogens with one attached hydrogen (secondary N) is 1. The lowest BCUT2D eigenvalue weighted by molar-refractivity contribution is 0.260. The number of pyridine rings is 1. The van der Waals surface area contributed by atoms with Crippen molar-refractivity contribution < 1.29 is 4.79 Å². The minimum atomic E-state index is -1.21. The lowest BCUT2D eigenvalue weighted by Gasteiger charge is -2.14. The summed E-state index contributed by atoms with van der Waals surface area (Å²) >= 11 is 6.22. The molecule has 1 atom stereocenters. The van der Waals surface area contributed by atoms with Crippen molar-refractivity contribution in [1.29, 1.82) is 0 Å². The van der Waals surface area contributed by atoms with Crippen LogP contribution in [0.4, 0.5) is 10.5 Å². The SMILES string of the molecule is CC(C)n1cc(Cl)c(S(N)=NC(=O)Nc2c3c(nc4c2CCC4)CCC3)n1. The molecular weight excluding hydrogens is 384 g/mol. The van der Waals surface area contributed by atoms with E-state index in [1.807, 2.05) is 13.8 Å². The van der Waals surface area contributed by atoms with E-state index in [0.29, 0.717) is 10.0 Å². The summed E-state index contributed by atoms with van der Waals surface area (Å²) < 4.78 is 5.82. The summed E-state index contributed by atoms with van der Waals surface area (Å²) in [6, 6.07) is -0.297. The molecule has 7 nitrogen and oxygen atoms in total. The van der Waals surface area contributed by atoms with Gasteiger partial charge in [-0.15, -0.1) is 4.36 Å². The molecule has 4 rings (SSSR count). The summed E-state index contributed by atoms with van der Waals surface area (Å²) in [5.41, 5.74) is 5.49. The van der Waals surface area contributed by atoms with Gasteiger partial charge in [0.05, 0.1) is 10.7 Å². The van der Waals surface area contributed by atoms with E-state index in [0.717, 1.165) is 55.6 Å². The molecule has 0 saturated heterocycles. The van der Waals surface area contributed by atoms with E-state index in [2.05, 4.69) is 14.8 Å². The molecule has 2 aliphatic carbocycles. The van der Waals surface area contributed by atoms with Crippen molar-refractivity contribution in [3.63, 3.8) is 0 Å². The minimum absolute atomic E-state index is 0.157. The third-order valence-electron chi connectivity index (χ3n) is 5.05. The molecule has 9 heteroatoms. The van der Waals surface area contributed by atoms with E-state index in [4.69, 9.17) is 21.7 Å². The number of anilines is 1. The van der Waals surface area contributed by atoms with Crippen molar-refractivity contribution in [1.82, 2.24) is 14.8 Å². The van der Waals surface area contributed by atoms with Crippen molar-refractivity contribution in [2.24, 2.45) is 9.50 Å². The maximum absolute atomic E-state index is 12.6. The Labute approximate surface area is 165 Å². The monoisotopic (exact) mass is 406 g/mol. The summed E-state index contributed by atoms with van der Waals surface area (Å²) in [6.45, 7) is 3.99. The van der Waals surface area contributed by atoms with Gasteiger partial charge in [0.1, 0.15) is 0 Å². The second-order valence-corrected chi connectivity index (χ2v) is 8.84. The zero-order valence-electron chi connectivity index (χ0n) is 15.5. The van der Waals surface area contributed by atoms with E-state index in [9.17, 15) is 4.79 Å². The molecule has 0 radical (unpaired) electrons. The first-order valence-electron chi connectivity index (χ1n) is 9.23. The minimum Gasteiger partial charge on any atom is -0.305 e. The molecule has 0 bridgehead atoms. The van der Waals surface area contributed by atoms with Gasteiger partial charge in [-0.3, -0.25) is 14.8 Å². The normalized spacial score (nSPS) is 16.6. The Hall–Kier alpha value is -1.77. The largest absolute Gasteiger partial charge is 0.352 e. The first-order chi connectivity index (χ1) is 12.9. The number of aromatic nitrogens is 3. The van der Waals surface area contributed by atoms with Gasteiger partial charge in [-0.25, -0.2) is 4.79 Å². The fourth-order valence-electron chi connectivity index (χ4n) is 3.76. The topological polar surface area (TPSA) is 98.2 Å². The van der Waals surface area contributed by atoms with Crippen LogP contribution in [-0.2, 0) is 36.6 Å². The lowest BCUT2D eigenvalue weighted by Crippen LogP contribution is -2.16. The molecule has 2 aromatic heterocycles. The molecule has 27 heavy (non-hydrogen) atoms. The third kappa shape index (κ3) is 3.53. The summed E-state index contributed by atoms with van der Waals surface area (Å²) in [5, 5.41) is 14.3. The van der Waals surface area contributed by atoms with E-state index in [1.165, 1.54) is 11.1 Å². The Morgan fingerprint density at radius 1 is 1.26 bits per heavy atom. The second-order valence-electron chi connectivity index (χ2n) is 7.24. The molecule has 0 fully saturated rings. The zero-order valence-corrected chi connectivity index (χ0v) is 17.0. The first kappa shape index (κ1) is 18.6. The fraction of sp³-hybridized carbons (Fsp3) is 0.500. The van der Waals surface area contributed by atoms with Crippen LogP contribution in [0, 0.1) is 0 Å².